The Balaban J connectivity index is 2.45. The molecule has 0 bridgehead atoms. The van der Waals surface area contributed by atoms with Crippen LogP contribution < -0.4 is 0 Å². The van der Waals surface area contributed by atoms with E-state index in [1.807, 2.05) is 0 Å². The molecule has 0 saturated heterocycles. The Hall–Kier alpha value is -1.06. The van der Waals surface area contributed by atoms with E-state index in [1.54, 1.807) is 24.3 Å². The normalized spacial score (nSPS) is 19.1. The van der Waals surface area contributed by atoms with E-state index >= 15 is 0 Å². The van der Waals surface area contributed by atoms with Gasteiger partial charge in [0.05, 0.1) is 0 Å². The van der Waals surface area contributed by atoms with E-state index in [1.165, 1.54) is 7.11 Å². The standard InChI is InChI=1S/C12H13ClO3/c1-16-12(11(14)15,8-2-3-8)9-4-6-10(13)7-5-9/h4-8H,2-3H2,1H3,(H,14,15). The summed E-state index contributed by atoms with van der Waals surface area (Å²) in [5.41, 5.74) is -0.542. The summed E-state index contributed by atoms with van der Waals surface area (Å²) in [6.45, 7) is 0. The first kappa shape index (κ1) is 11.4. The van der Waals surface area contributed by atoms with Gasteiger partial charge in [-0.1, -0.05) is 23.7 Å². The molecule has 2 rings (SSSR count). The lowest BCUT2D eigenvalue weighted by atomic mass is 9.88. The second kappa shape index (κ2) is 4.07. The van der Waals surface area contributed by atoms with Gasteiger partial charge in [0.1, 0.15) is 0 Å². The molecule has 1 unspecified atom stereocenters. The fourth-order valence-corrected chi connectivity index (χ4v) is 2.22. The fraction of sp³-hybridized carbons (Fsp3) is 0.417. The maximum absolute atomic E-state index is 11.5. The molecule has 1 saturated carbocycles. The van der Waals surface area contributed by atoms with Crippen LogP contribution in [0.15, 0.2) is 24.3 Å². The highest BCUT2D eigenvalue weighted by Crippen LogP contribution is 2.48. The first-order chi connectivity index (χ1) is 7.61. The molecule has 1 aromatic carbocycles. The maximum atomic E-state index is 11.5. The Bertz CT molecular complexity index is 397. The van der Waals surface area contributed by atoms with Gasteiger partial charge in [-0.2, -0.15) is 0 Å². The molecule has 86 valence electrons. The Kier molecular flexibility index (Phi) is 2.91. The van der Waals surface area contributed by atoms with Gasteiger partial charge in [-0.25, -0.2) is 4.79 Å². The van der Waals surface area contributed by atoms with Crippen LogP contribution in [0.25, 0.3) is 0 Å². The third-order valence-corrected chi connectivity index (χ3v) is 3.32. The minimum Gasteiger partial charge on any atom is -0.479 e. The SMILES string of the molecule is COC(C(=O)O)(c1ccc(Cl)cc1)C1CC1. The van der Waals surface area contributed by atoms with Crippen LogP contribution in [-0.4, -0.2) is 18.2 Å². The molecule has 0 heterocycles. The number of hydrogen-bond acceptors (Lipinski definition) is 2. The quantitative estimate of drug-likeness (QED) is 0.880. The highest BCUT2D eigenvalue weighted by Gasteiger charge is 2.53. The molecular formula is C12H13ClO3. The van der Waals surface area contributed by atoms with E-state index in [0.717, 1.165) is 12.8 Å². The number of carboxylic acids is 1. The Morgan fingerprint density at radius 2 is 2.00 bits per heavy atom. The lowest BCUT2D eigenvalue weighted by molar-refractivity contribution is -0.167. The van der Waals surface area contributed by atoms with Crippen LogP contribution in [0, 0.1) is 5.92 Å². The molecule has 4 heteroatoms. The molecule has 0 aromatic heterocycles. The van der Waals surface area contributed by atoms with Crippen molar-refractivity contribution in [2.24, 2.45) is 5.92 Å². The van der Waals surface area contributed by atoms with Gasteiger partial charge in [-0.3, -0.25) is 0 Å². The summed E-state index contributed by atoms with van der Waals surface area (Å²) in [5, 5.41) is 9.99. The average Bonchev–Trinajstić information content (AvgIpc) is 3.06. The largest absolute Gasteiger partial charge is 0.479 e. The molecule has 0 aliphatic heterocycles. The van der Waals surface area contributed by atoms with Crippen molar-refractivity contribution in [1.82, 2.24) is 0 Å². The van der Waals surface area contributed by atoms with E-state index in [0.29, 0.717) is 10.6 Å². The zero-order chi connectivity index (χ0) is 11.8. The minimum atomic E-state index is -1.20. The van der Waals surface area contributed by atoms with Crippen LogP contribution in [0.1, 0.15) is 18.4 Å². The summed E-state index contributed by atoms with van der Waals surface area (Å²) in [7, 11) is 1.45. The van der Waals surface area contributed by atoms with E-state index in [-0.39, 0.29) is 5.92 Å². The van der Waals surface area contributed by atoms with Crippen molar-refractivity contribution < 1.29 is 14.6 Å². The Morgan fingerprint density at radius 1 is 1.44 bits per heavy atom. The highest BCUT2D eigenvalue weighted by molar-refractivity contribution is 6.30. The van der Waals surface area contributed by atoms with Crippen molar-refractivity contribution in [1.29, 1.82) is 0 Å². The molecule has 3 nitrogen and oxygen atoms in total. The second-order valence-electron chi connectivity index (χ2n) is 4.03. The third-order valence-electron chi connectivity index (χ3n) is 3.07. The molecule has 0 spiro atoms. The summed E-state index contributed by atoms with van der Waals surface area (Å²) in [6, 6.07) is 6.82. The van der Waals surface area contributed by atoms with Crippen LogP contribution in [0.3, 0.4) is 0 Å². The molecule has 1 N–H and O–H groups in total. The first-order valence-electron chi connectivity index (χ1n) is 5.16. The average molecular weight is 241 g/mol. The molecule has 1 fully saturated rings. The maximum Gasteiger partial charge on any atom is 0.340 e. The van der Waals surface area contributed by atoms with Crippen LogP contribution in [0.4, 0.5) is 0 Å². The molecule has 16 heavy (non-hydrogen) atoms. The summed E-state index contributed by atoms with van der Waals surface area (Å²) >= 11 is 5.79. The molecule has 1 aromatic rings. The Morgan fingerprint density at radius 3 is 2.38 bits per heavy atom. The van der Waals surface area contributed by atoms with Gasteiger partial charge < -0.3 is 9.84 Å². The van der Waals surface area contributed by atoms with Gasteiger partial charge in [0, 0.05) is 18.1 Å². The van der Waals surface area contributed by atoms with Gasteiger partial charge >= 0.3 is 5.97 Å². The zero-order valence-electron chi connectivity index (χ0n) is 8.94. The van der Waals surface area contributed by atoms with Crippen LogP contribution in [0.2, 0.25) is 5.02 Å². The van der Waals surface area contributed by atoms with Crippen molar-refractivity contribution in [3.8, 4) is 0 Å². The minimum absolute atomic E-state index is 0.0659. The molecule has 1 aliphatic carbocycles. The molecule has 1 aliphatic rings. The fourth-order valence-electron chi connectivity index (χ4n) is 2.09. The third kappa shape index (κ3) is 1.70. The number of carboxylic acid groups (broad SMARTS) is 1. The van der Waals surface area contributed by atoms with Gasteiger partial charge in [-0.05, 0) is 30.5 Å². The first-order valence-corrected chi connectivity index (χ1v) is 5.53. The van der Waals surface area contributed by atoms with E-state index in [2.05, 4.69) is 0 Å². The van der Waals surface area contributed by atoms with E-state index < -0.39 is 11.6 Å². The number of hydrogen-bond donors (Lipinski definition) is 1. The zero-order valence-corrected chi connectivity index (χ0v) is 9.70. The Labute approximate surface area is 99.0 Å². The smallest absolute Gasteiger partial charge is 0.340 e. The number of aliphatic carboxylic acids is 1. The summed E-state index contributed by atoms with van der Waals surface area (Å²) in [4.78, 5) is 11.5. The monoisotopic (exact) mass is 240 g/mol. The van der Waals surface area contributed by atoms with Crippen LogP contribution >= 0.6 is 11.6 Å². The summed E-state index contributed by atoms with van der Waals surface area (Å²) in [6.07, 6.45) is 1.78. The second-order valence-corrected chi connectivity index (χ2v) is 4.46. The van der Waals surface area contributed by atoms with Crippen molar-refractivity contribution in [3.05, 3.63) is 34.9 Å². The van der Waals surface area contributed by atoms with Crippen molar-refractivity contribution in [2.45, 2.75) is 18.4 Å². The molecule has 1 atom stereocenters. The van der Waals surface area contributed by atoms with Gasteiger partial charge in [0.15, 0.2) is 5.60 Å². The number of carbonyl (C=O) groups is 1. The van der Waals surface area contributed by atoms with Gasteiger partial charge in [-0.15, -0.1) is 0 Å². The number of rotatable bonds is 4. The highest BCUT2D eigenvalue weighted by atomic mass is 35.5. The van der Waals surface area contributed by atoms with Crippen molar-refractivity contribution in [3.63, 3.8) is 0 Å². The lowest BCUT2D eigenvalue weighted by Gasteiger charge is -2.28. The van der Waals surface area contributed by atoms with E-state index in [4.69, 9.17) is 16.3 Å². The van der Waals surface area contributed by atoms with Crippen LogP contribution in [0.5, 0.6) is 0 Å². The topological polar surface area (TPSA) is 46.5 Å². The predicted octanol–water partition coefficient (Wildman–Crippen LogP) is 2.68. The number of ether oxygens (including phenoxy) is 1. The van der Waals surface area contributed by atoms with Crippen molar-refractivity contribution >= 4 is 17.6 Å². The predicted molar refractivity (Wildman–Crippen MR) is 60.5 cm³/mol. The summed E-state index contributed by atoms with van der Waals surface area (Å²) in [5.74, 6) is -0.865. The number of halogens is 1. The molecular weight excluding hydrogens is 228 g/mol. The van der Waals surface area contributed by atoms with Crippen molar-refractivity contribution in [2.75, 3.05) is 7.11 Å². The number of benzene rings is 1. The van der Waals surface area contributed by atoms with Gasteiger partial charge in [0.2, 0.25) is 0 Å². The molecule has 0 amide bonds. The van der Waals surface area contributed by atoms with Crippen LogP contribution in [-0.2, 0) is 15.1 Å². The lowest BCUT2D eigenvalue weighted by Crippen LogP contribution is -2.40. The van der Waals surface area contributed by atoms with Gasteiger partial charge in [0.25, 0.3) is 0 Å². The van der Waals surface area contributed by atoms with E-state index in [9.17, 15) is 9.90 Å². The number of methoxy groups -OCH3 is 1. The molecule has 0 radical (unpaired) electrons. The summed E-state index contributed by atoms with van der Waals surface area (Å²) < 4.78 is 5.31.